The van der Waals surface area contributed by atoms with Crippen LogP contribution in [-0.2, 0) is 42.9 Å². The zero-order valence-corrected chi connectivity index (χ0v) is 23.3. The number of rotatable bonds is 9. The van der Waals surface area contributed by atoms with Gasteiger partial charge in [0.05, 0.1) is 10.5 Å². The molecule has 0 radical (unpaired) electrons. The van der Waals surface area contributed by atoms with Gasteiger partial charge in [0.2, 0.25) is 21.8 Å². The van der Waals surface area contributed by atoms with Gasteiger partial charge in [-0.25, -0.2) is 18.5 Å². The number of oxazole rings is 1. The molecule has 0 saturated carbocycles. The Kier molecular flexibility index (Phi) is 8.50. The number of oxime groups is 1. The number of methoxy groups -OCH3 is 1. The summed E-state index contributed by atoms with van der Waals surface area (Å²) in [5.74, 6) is 0.717. The molecule has 1 saturated heterocycles. The van der Waals surface area contributed by atoms with Crippen LogP contribution in [0.2, 0.25) is 0 Å². The van der Waals surface area contributed by atoms with Crippen molar-refractivity contribution >= 4 is 15.9 Å². The van der Waals surface area contributed by atoms with E-state index >= 15 is 0 Å². The molecule has 0 amide bonds. The average molecular weight is 578 g/mol. The maximum Gasteiger partial charge on any atom is 0.238 e. The molecule has 10 nitrogen and oxygen atoms in total. The topological polar surface area (TPSA) is 146 Å². The fourth-order valence-corrected chi connectivity index (χ4v) is 5.41. The predicted molar refractivity (Wildman–Crippen MR) is 152 cm³/mol. The lowest BCUT2D eigenvalue weighted by Crippen LogP contribution is -2.35. The monoisotopic (exact) mass is 577 g/mol. The molecule has 5 rings (SSSR count). The van der Waals surface area contributed by atoms with Gasteiger partial charge in [-0.15, -0.1) is 0 Å². The van der Waals surface area contributed by atoms with E-state index in [2.05, 4.69) is 10.1 Å². The van der Waals surface area contributed by atoms with Gasteiger partial charge in [0, 0.05) is 44.3 Å². The summed E-state index contributed by atoms with van der Waals surface area (Å²) in [4.78, 5) is 4.64. The van der Waals surface area contributed by atoms with Crippen molar-refractivity contribution < 1.29 is 32.3 Å². The fourth-order valence-electron chi connectivity index (χ4n) is 4.89. The maximum absolute atomic E-state index is 11.7. The summed E-state index contributed by atoms with van der Waals surface area (Å²) < 4.78 is 46.8. The molecule has 1 aromatic heterocycles. The van der Waals surface area contributed by atoms with Crippen molar-refractivity contribution in [3.05, 3.63) is 95.9 Å². The first kappa shape index (κ1) is 28.5. The summed E-state index contributed by atoms with van der Waals surface area (Å²) in [6.45, 7) is 1.43. The van der Waals surface area contributed by atoms with Gasteiger partial charge in [-0.3, -0.25) is 0 Å². The minimum Gasteiger partial charge on any atom is -0.473 e. The fraction of sp³-hybridized carbons (Fsp3) is 0.267. The molecule has 41 heavy (non-hydrogen) atoms. The summed E-state index contributed by atoms with van der Waals surface area (Å²) in [6.07, 6.45) is 1.51. The van der Waals surface area contributed by atoms with Crippen LogP contribution < -0.4 is 5.14 Å². The summed E-state index contributed by atoms with van der Waals surface area (Å²) >= 11 is 0. The second-order valence-electron chi connectivity index (χ2n) is 9.69. The Morgan fingerprint density at radius 1 is 1.02 bits per heavy atom. The van der Waals surface area contributed by atoms with Gasteiger partial charge in [0.25, 0.3) is 0 Å². The second-order valence-corrected chi connectivity index (χ2v) is 11.3. The third kappa shape index (κ3) is 6.49. The quantitative estimate of drug-likeness (QED) is 0.124. The van der Waals surface area contributed by atoms with Gasteiger partial charge in [-0.05, 0) is 41.5 Å². The van der Waals surface area contributed by atoms with Crippen molar-refractivity contribution in [2.24, 2.45) is 10.3 Å². The zero-order valence-electron chi connectivity index (χ0n) is 22.5. The summed E-state index contributed by atoms with van der Waals surface area (Å²) in [6, 6.07) is 23.4. The van der Waals surface area contributed by atoms with E-state index < -0.39 is 15.6 Å². The average Bonchev–Trinajstić information content (AvgIpc) is 3.43. The number of primary sulfonamides is 1. The van der Waals surface area contributed by atoms with Crippen LogP contribution in [0.5, 0.6) is 0 Å². The van der Waals surface area contributed by atoms with E-state index in [9.17, 15) is 13.6 Å². The Labute approximate surface area is 238 Å². The molecule has 1 aliphatic heterocycles. The molecule has 1 aliphatic rings. The largest absolute Gasteiger partial charge is 0.473 e. The van der Waals surface area contributed by atoms with Crippen LogP contribution >= 0.6 is 0 Å². The number of benzene rings is 3. The molecule has 0 bridgehead atoms. The zero-order chi connectivity index (χ0) is 28.9. The van der Waals surface area contributed by atoms with Crippen LogP contribution in [-0.4, -0.2) is 44.8 Å². The predicted octanol–water partition coefficient (Wildman–Crippen LogP) is 4.86. The van der Waals surface area contributed by atoms with Crippen molar-refractivity contribution in [1.82, 2.24) is 4.98 Å². The molecular formula is C30H31N3O7S. The van der Waals surface area contributed by atoms with E-state index in [1.165, 1.54) is 12.1 Å². The van der Waals surface area contributed by atoms with Gasteiger partial charge in [-0.2, -0.15) is 0 Å². The van der Waals surface area contributed by atoms with Crippen LogP contribution in [0.25, 0.3) is 22.6 Å². The number of hydrogen-bond donors (Lipinski definition) is 2. The highest BCUT2D eigenvalue weighted by molar-refractivity contribution is 7.89. The van der Waals surface area contributed by atoms with Crippen molar-refractivity contribution in [1.29, 1.82) is 0 Å². The number of nitrogens with two attached hydrogens (primary N) is 1. The minimum absolute atomic E-state index is 0.00929. The highest BCUT2D eigenvalue weighted by Gasteiger charge is 2.34. The Morgan fingerprint density at radius 2 is 1.76 bits per heavy atom. The van der Waals surface area contributed by atoms with Crippen molar-refractivity contribution in [3.8, 4) is 22.6 Å². The number of hydrogen-bond acceptors (Lipinski definition) is 9. The first-order valence-electron chi connectivity index (χ1n) is 13.1. The van der Waals surface area contributed by atoms with E-state index in [1.54, 1.807) is 19.2 Å². The minimum atomic E-state index is -3.84. The first-order valence-corrected chi connectivity index (χ1v) is 14.6. The summed E-state index contributed by atoms with van der Waals surface area (Å²) in [7, 11) is -2.12. The van der Waals surface area contributed by atoms with Crippen LogP contribution in [0.15, 0.2) is 93.3 Å². The lowest BCUT2D eigenvalue weighted by molar-refractivity contribution is -0.0948. The molecular weight excluding hydrogens is 546 g/mol. The van der Waals surface area contributed by atoms with Crippen molar-refractivity contribution in [3.63, 3.8) is 0 Å². The van der Waals surface area contributed by atoms with Crippen molar-refractivity contribution in [2.45, 2.75) is 36.4 Å². The van der Waals surface area contributed by atoms with Crippen LogP contribution in [0.3, 0.4) is 0 Å². The van der Waals surface area contributed by atoms with Gasteiger partial charge in [-0.1, -0.05) is 53.7 Å². The standard InChI is InChI=1S/C30H31N3O7S/c1-37-30(14-16-38-17-15-30)24-9-5-6-21(18-24)20-39-27(33-34)19-26-32-28(22-7-3-2-4-8-22)29(40-26)23-10-12-25(13-11-23)41(31,35)36/h2-13,18,34H,14-17,19-20H2,1H3,(H2,31,35,36)/b33-27+. The van der Waals surface area contributed by atoms with E-state index in [4.69, 9.17) is 23.8 Å². The van der Waals surface area contributed by atoms with Crippen molar-refractivity contribution in [2.75, 3.05) is 20.3 Å². The van der Waals surface area contributed by atoms with Gasteiger partial charge in [0.15, 0.2) is 5.76 Å². The molecule has 11 heteroatoms. The molecule has 2 heterocycles. The summed E-state index contributed by atoms with van der Waals surface area (Å²) in [5, 5.41) is 18.3. The van der Waals surface area contributed by atoms with E-state index in [0.717, 1.165) is 29.5 Å². The summed E-state index contributed by atoms with van der Waals surface area (Å²) in [5.41, 5.74) is 3.49. The van der Waals surface area contributed by atoms with Gasteiger partial charge < -0.3 is 23.8 Å². The molecule has 1 fully saturated rings. The molecule has 0 spiro atoms. The second kappa shape index (κ2) is 12.2. The molecule has 4 aromatic rings. The highest BCUT2D eigenvalue weighted by Crippen LogP contribution is 2.36. The Bertz CT molecular complexity index is 1610. The molecule has 3 aromatic carbocycles. The number of aromatic nitrogens is 1. The van der Waals surface area contributed by atoms with Gasteiger partial charge >= 0.3 is 0 Å². The molecule has 0 atom stereocenters. The molecule has 3 N–H and O–H groups in total. The number of nitrogens with zero attached hydrogens (tertiary/aromatic N) is 2. The Hall–Kier alpha value is -4.03. The Balaban J connectivity index is 1.36. The van der Waals surface area contributed by atoms with Crippen LogP contribution in [0.1, 0.15) is 29.9 Å². The van der Waals surface area contributed by atoms with E-state index in [1.807, 2.05) is 54.6 Å². The third-order valence-electron chi connectivity index (χ3n) is 7.13. The van der Waals surface area contributed by atoms with E-state index in [-0.39, 0.29) is 29.7 Å². The SMILES string of the molecule is COC1(c2cccc(CO/C(Cc3nc(-c4ccccc4)c(-c4ccc(S(N)(=O)=O)cc4)o3)=N/O)c2)CCOCC1. The van der Waals surface area contributed by atoms with Gasteiger partial charge in [0.1, 0.15) is 18.7 Å². The number of ether oxygens (including phenoxy) is 3. The maximum atomic E-state index is 11.7. The lowest BCUT2D eigenvalue weighted by atomic mass is 9.85. The first-order chi connectivity index (χ1) is 19.8. The Morgan fingerprint density at radius 3 is 2.41 bits per heavy atom. The number of sulfonamides is 1. The van der Waals surface area contributed by atoms with Crippen LogP contribution in [0.4, 0.5) is 0 Å². The molecule has 214 valence electrons. The lowest BCUT2D eigenvalue weighted by Gasteiger charge is -2.36. The molecule has 0 unspecified atom stereocenters. The van der Waals surface area contributed by atoms with E-state index in [0.29, 0.717) is 30.2 Å². The molecule has 0 aliphatic carbocycles. The smallest absolute Gasteiger partial charge is 0.238 e. The highest BCUT2D eigenvalue weighted by atomic mass is 32.2. The third-order valence-corrected chi connectivity index (χ3v) is 8.06. The normalized spacial score (nSPS) is 15.5. The van der Waals surface area contributed by atoms with Crippen LogP contribution in [0, 0.1) is 0 Å².